The highest BCUT2D eigenvalue weighted by Gasteiger charge is 2.46. The Balaban J connectivity index is 2.79. The molecule has 13 heavy (non-hydrogen) atoms. The van der Waals surface area contributed by atoms with Crippen molar-refractivity contribution in [2.45, 2.75) is 36.5 Å². The molecule has 0 spiro atoms. The Hall–Kier alpha value is -0.240. The van der Waals surface area contributed by atoms with Gasteiger partial charge in [-0.05, 0) is 0 Å². The van der Waals surface area contributed by atoms with Crippen LogP contribution in [0.5, 0.6) is 0 Å². The summed E-state index contributed by atoms with van der Waals surface area (Å²) in [5.41, 5.74) is 11.0. The summed E-state index contributed by atoms with van der Waals surface area (Å²) in [6.45, 7) is 0. The van der Waals surface area contributed by atoms with Crippen molar-refractivity contribution in [2.75, 3.05) is 7.11 Å². The number of hydrogen-bond acceptors (Lipinski definition) is 6. The molecule has 1 aliphatic rings. The van der Waals surface area contributed by atoms with E-state index in [4.69, 9.17) is 16.2 Å². The first-order valence-electron chi connectivity index (χ1n) is 4.09. The summed E-state index contributed by atoms with van der Waals surface area (Å²) in [5.74, 6) is 0. The van der Waals surface area contributed by atoms with Gasteiger partial charge in [-0.2, -0.15) is 0 Å². The largest absolute Gasteiger partial charge is 0.390 e. The average molecular weight is 192 g/mol. The van der Waals surface area contributed by atoms with E-state index in [0.717, 1.165) is 0 Å². The van der Waals surface area contributed by atoms with Crippen LogP contribution in [0.4, 0.5) is 0 Å². The normalized spacial score (nSPS) is 52.2. The lowest BCUT2D eigenvalue weighted by atomic mass is 9.82. The SMILES string of the molecule is CO[C@@H]1[C@@H](N)[C@H](O)[C@@H](N)[C@H](O)[C@H]1O. The highest BCUT2D eigenvalue weighted by Crippen LogP contribution is 2.20. The average Bonchev–Trinajstić information content (AvgIpc) is 2.13. The molecule has 1 rings (SSSR count). The van der Waals surface area contributed by atoms with Crippen molar-refractivity contribution in [1.29, 1.82) is 0 Å². The van der Waals surface area contributed by atoms with Crippen molar-refractivity contribution in [3.63, 3.8) is 0 Å². The molecule has 0 aromatic rings. The Kier molecular flexibility index (Phi) is 3.23. The van der Waals surface area contributed by atoms with Gasteiger partial charge in [0.1, 0.15) is 18.3 Å². The van der Waals surface area contributed by atoms with Crippen LogP contribution in [-0.4, -0.2) is 58.9 Å². The van der Waals surface area contributed by atoms with Crippen LogP contribution in [0, 0.1) is 0 Å². The molecule has 1 aliphatic carbocycles. The zero-order chi connectivity index (χ0) is 10.2. The maximum atomic E-state index is 9.45. The molecule has 0 aromatic carbocycles. The first-order valence-corrected chi connectivity index (χ1v) is 4.09. The van der Waals surface area contributed by atoms with Crippen molar-refractivity contribution in [1.82, 2.24) is 0 Å². The van der Waals surface area contributed by atoms with Gasteiger partial charge in [0.15, 0.2) is 0 Å². The smallest absolute Gasteiger partial charge is 0.109 e. The number of rotatable bonds is 1. The number of methoxy groups -OCH3 is 1. The van der Waals surface area contributed by atoms with Crippen molar-refractivity contribution >= 4 is 0 Å². The molecular weight excluding hydrogens is 176 g/mol. The van der Waals surface area contributed by atoms with E-state index < -0.39 is 36.5 Å². The molecule has 0 saturated heterocycles. The fraction of sp³-hybridized carbons (Fsp3) is 1.00. The van der Waals surface area contributed by atoms with Gasteiger partial charge in [0.2, 0.25) is 0 Å². The molecule has 0 bridgehead atoms. The molecule has 0 radical (unpaired) electrons. The summed E-state index contributed by atoms with van der Waals surface area (Å²) in [5, 5.41) is 28.3. The van der Waals surface area contributed by atoms with Gasteiger partial charge in [0, 0.05) is 7.11 Å². The maximum Gasteiger partial charge on any atom is 0.109 e. The molecule has 0 aromatic heterocycles. The number of hydrogen-bond donors (Lipinski definition) is 5. The lowest BCUT2D eigenvalue weighted by Crippen LogP contribution is -2.69. The van der Waals surface area contributed by atoms with Gasteiger partial charge in [-0.25, -0.2) is 0 Å². The topological polar surface area (TPSA) is 122 Å². The molecule has 0 unspecified atom stereocenters. The molecule has 6 heteroatoms. The molecule has 7 N–H and O–H groups in total. The van der Waals surface area contributed by atoms with Gasteiger partial charge in [0.25, 0.3) is 0 Å². The minimum Gasteiger partial charge on any atom is -0.390 e. The number of aliphatic hydroxyl groups is 3. The van der Waals surface area contributed by atoms with Crippen LogP contribution in [0.25, 0.3) is 0 Å². The predicted octanol–water partition coefficient (Wildman–Crippen LogP) is -3.25. The van der Waals surface area contributed by atoms with Gasteiger partial charge in [-0.1, -0.05) is 0 Å². The van der Waals surface area contributed by atoms with Gasteiger partial charge in [0.05, 0.1) is 18.2 Å². The molecule has 78 valence electrons. The second-order valence-electron chi connectivity index (χ2n) is 3.33. The van der Waals surface area contributed by atoms with E-state index in [1.54, 1.807) is 0 Å². The molecule has 6 atom stereocenters. The summed E-state index contributed by atoms with van der Waals surface area (Å²) in [7, 11) is 1.35. The molecule has 1 saturated carbocycles. The van der Waals surface area contributed by atoms with E-state index in [9.17, 15) is 15.3 Å². The fourth-order valence-corrected chi connectivity index (χ4v) is 1.60. The Morgan fingerprint density at radius 3 is 1.92 bits per heavy atom. The summed E-state index contributed by atoms with van der Waals surface area (Å²) in [6, 6.07) is -1.71. The predicted molar refractivity (Wildman–Crippen MR) is 44.8 cm³/mol. The van der Waals surface area contributed by atoms with Crippen LogP contribution in [0.1, 0.15) is 0 Å². The lowest BCUT2D eigenvalue weighted by molar-refractivity contribution is -0.148. The summed E-state index contributed by atoms with van der Waals surface area (Å²) < 4.78 is 4.85. The van der Waals surface area contributed by atoms with Crippen LogP contribution in [-0.2, 0) is 4.74 Å². The second kappa shape index (κ2) is 3.87. The molecular formula is C7H16N2O4. The molecule has 6 nitrogen and oxygen atoms in total. The first-order chi connectivity index (χ1) is 6.00. The Labute approximate surface area is 76.1 Å². The molecule has 0 aliphatic heterocycles. The minimum absolute atomic E-state index is 0.779. The van der Waals surface area contributed by atoms with Gasteiger partial charge < -0.3 is 31.5 Å². The van der Waals surface area contributed by atoms with Gasteiger partial charge >= 0.3 is 0 Å². The van der Waals surface area contributed by atoms with E-state index in [1.165, 1.54) is 7.11 Å². The van der Waals surface area contributed by atoms with E-state index in [1.807, 2.05) is 0 Å². The standard InChI is InChI=1S/C7H16N2O4/c1-13-7-3(9)4(10)2(8)5(11)6(7)12/h2-7,10-12H,8-9H2,1H3/t2-,3+,4-,5+,6-,7-/m1/s1. The lowest BCUT2D eigenvalue weighted by Gasteiger charge is -2.42. The monoisotopic (exact) mass is 192 g/mol. The summed E-state index contributed by atoms with van der Waals surface area (Å²) in [4.78, 5) is 0. The van der Waals surface area contributed by atoms with Crippen LogP contribution in [0.15, 0.2) is 0 Å². The van der Waals surface area contributed by atoms with E-state index >= 15 is 0 Å². The van der Waals surface area contributed by atoms with Crippen LogP contribution in [0.3, 0.4) is 0 Å². The highest BCUT2D eigenvalue weighted by molar-refractivity contribution is 5.03. The Morgan fingerprint density at radius 1 is 0.923 bits per heavy atom. The molecule has 0 amide bonds. The Bertz CT molecular complexity index is 164. The summed E-state index contributed by atoms with van der Waals surface area (Å²) in [6.07, 6.45) is -4.22. The van der Waals surface area contributed by atoms with Crippen molar-refractivity contribution < 1.29 is 20.1 Å². The molecule has 1 fully saturated rings. The highest BCUT2D eigenvalue weighted by atomic mass is 16.5. The number of ether oxygens (including phenoxy) is 1. The zero-order valence-electron chi connectivity index (χ0n) is 7.37. The van der Waals surface area contributed by atoms with E-state index in [0.29, 0.717) is 0 Å². The first kappa shape index (κ1) is 10.8. The van der Waals surface area contributed by atoms with Crippen molar-refractivity contribution in [3.05, 3.63) is 0 Å². The minimum atomic E-state index is -1.21. The van der Waals surface area contributed by atoms with Crippen LogP contribution >= 0.6 is 0 Å². The number of nitrogens with two attached hydrogens (primary N) is 2. The quantitative estimate of drug-likeness (QED) is 0.297. The zero-order valence-corrected chi connectivity index (χ0v) is 7.37. The second-order valence-corrected chi connectivity index (χ2v) is 3.33. The maximum absolute atomic E-state index is 9.45. The summed E-state index contributed by atoms with van der Waals surface area (Å²) >= 11 is 0. The molecule has 0 heterocycles. The van der Waals surface area contributed by atoms with Crippen molar-refractivity contribution in [3.8, 4) is 0 Å². The van der Waals surface area contributed by atoms with Gasteiger partial charge in [-0.15, -0.1) is 0 Å². The van der Waals surface area contributed by atoms with E-state index in [2.05, 4.69) is 0 Å². The third-order valence-corrected chi connectivity index (χ3v) is 2.52. The Morgan fingerprint density at radius 2 is 1.46 bits per heavy atom. The third kappa shape index (κ3) is 1.69. The van der Waals surface area contributed by atoms with E-state index in [-0.39, 0.29) is 0 Å². The number of aliphatic hydroxyl groups excluding tert-OH is 3. The fourth-order valence-electron chi connectivity index (χ4n) is 1.60. The van der Waals surface area contributed by atoms with Crippen LogP contribution in [0.2, 0.25) is 0 Å². The third-order valence-electron chi connectivity index (χ3n) is 2.52. The van der Waals surface area contributed by atoms with Gasteiger partial charge in [-0.3, -0.25) is 0 Å². The van der Waals surface area contributed by atoms with Crippen molar-refractivity contribution in [2.24, 2.45) is 11.5 Å². The van der Waals surface area contributed by atoms with Crippen LogP contribution < -0.4 is 11.5 Å².